The number of halogens is 3. The van der Waals surface area contributed by atoms with Crippen LogP contribution >= 0.6 is 35.0 Å². The van der Waals surface area contributed by atoms with Crippen LogP contribution < -0.4 is 0 Å². The minimum atomic E-state index is -0.580. The standard InChI is InChI=1S/C12H8Cl2FNOS/c1-18-6-2-9(14)12(16-5-6)7-3-11(17)8(13)4-10(7)15/h2-5,17H,1H3. The minimum Gasteiger partial charge on any atom is -0.506 e. The van der Waals surface area contributed by atoms with Crippen LogP contribution in [0.25, 0.3) is 11.3 Å². The number of hydrogen-bond acceptors (Lipinski definition) is 3. The number of thioether (sulfide) groups is 1. The lowest BCUT2D eigenvalue weighted by atomic mass is 10.1. The van der Waals surface area contributed by atoms with Crippen LogP contribution in [-0.4, -0.2) is 16.3 Å². The molecule has 0 amide bonds. The summed E-state index contributed by atoms with van der Waals surface area (Å²) < 4.78 is 13.8. The predicted octanol–water partition coefficient (Wildman–Crippen LogP) is 4.62. The maximum absolute atomic E-state index is 13.8. The number of phenols is 1. The van der Waals surface area contributed by atoms with E-state index in [0.29, 0.717) is 5.02 Å². The summed E-state index contributed by atoms with van der Waals surface area (Å²) in [6, 6.07) is 3.94. The van der Waals surface area contributed by atoms with Crippen LogP contribution in [0.15, 0.2) is 29.3 Å². The fraction of sp³-hybridized carbons (Fsp3) is 0.0833. The summed E-state index contributed by atoms with van der Waals surface area (Å²) in [6.07, 6.45) is 3.48. The summed E-state index contributed by atoms with van der Waals surface area (Å²) in [5.41, 5.74) is 0.397. The third-order valence-corrected chi connectivity index (χ3v) is 3.63. The Bertz CT molecular complexity index is 607. The molecule has 0 aliphatic carbocycles. The second kappa shape index (κ2) is 5.34. The van der Waals surface area contributed by atoms with Gasteiger partial charge in [-0.05, 0) is 24.5 Å². The van der Waals surface area contributed by atoms with E-state index in [9.17, 15) is 9.50 Å². The van der Waals surface area contributed by atoms with Crippen LogP contribution in [0.3, 0.4) is 0 Å². The van der Waals surface area contributed by atoms with Crippen molar-refractivity contribution < 1.29 is 9.50 Å². The molecule has 0 spiro atoms. The lowest BCUT2D eigenvalue weighted by Gasteiger charge is -2.08. The largest absolute Gasteiger partial charge is 0.506 e. The molecule has 1 heterocycles. The highest BCUT2D eigenvalue weighted by molar-refractivity contribution is 7.98. The minimum absolute atomic E-state index is 0.0480. The van der Waals surface area contributed by atoms with E-state index in [0.717, 1.165) is 11.0 Å². The van der Waals surface area contributed by atoms with E-state index in [1.165, 1.54) is 17.8 Å². The van der Waals surface area contributed by atoms with Crippen LogP contribution in [0.1, 0.15) is 0 Å². The molecule has 0 aliphatic heterocycles. The van der Waals surface area contributed by atoms with Crippen molar-refractivity contribution in [1.82, 2.24) is 4.98 Å². The summed E-state index contributed by atoms with van der Waals surface area (Å²) in [4.78, 5) is 4.98. The van der Waals surface area contributed by atoms with E-state index in [-0.39, 0.29) is 22.0 Å². The summed E-state index contributed by atoms with van der Waals surface area (Å²) in [7, 11) is 0. The number of hydrogen-bond donors (Lipinski definition) is 1. The molecule has 0 atom stereocenters. The first-order valence-corrected chi connectivity index (χ1v) is 6.89. The molecule has 0 bridgehead atoms. The Kier molecular flexibility index (Phi) is 4.00. The highest BCUT2D eigenvalue weighted by Crippen LogP contribution is 2.35. The van der Waals surface area contributed by atoms with Crippen LogP contribution in [0.4, 0.5) is 4.39 Å². The molecule has 0 saturated carbocycles. The van der Waals surface area contributed by atoms with Crippen molar-refractivity contribution in [2.45, 2.75) is 4.90 Å². The Morgan fingerprint density at radius 1 is 1.22 bits per heavy atom. The lowest BCUT2D eigenvalue weighted by molar-refractivity contribution is 0.474. The highest BCUT2D eigenvalue weighted by Gasteiger charge is 2.14. The first-order valence-electron chi connectivity index (χ1n) is 4.91. The number of benzene rings is 1. The molecule has 0 saturated heterocycles. The van der Waals surface area contributed by atoms with Gasteiger partial charge in [-0.1, -0.05) is 23.2 Å². The van der Waals surface area contributed by atoms with Crippen molar-refractivity contribution >= 4 is 35.0 Å². The lowest BCUT2D eigenvalue weighted by Crippen LogP contribution is -1.90. The Morgan fingerprint density at radius 3 is 2.56 bits per heavy atom. The number of rotatable bonds is 2. The van der Waals surface area contributed by atoms with Crippen LogP contribution in [0.5, 0.6) is 5.75 Å². The second-order valence-electron chi connectivity index (χ2n) is 3.49. The van der Waals surface area contributed by atoms with E-state index in [2.05, 4.69) is 4.98 Å². The predicted molar refractivity (Wildman–Crippen MR) is 73.1 cm³/mol. The molecule has 0 fully saturated rings. The second-order valence-corrected chi connectivity index (χ2v) is 5.18. The van der Waals surface area contributed by atoms with Crippen molar-refractivity contribution in [3.8, 4) is 17.0 Å². The normalized spacial score (nSPS) is 10.7. The molecular formula is C12H8Cl2FNOS. The van der Waals surface area contributed by atoms with Crippen molar-refractivity contribution in [2.75, 3.05) is 6.26 Å². The number of nitrogens with zero attached hydrogens (tertiary/aromatic N) is 1. The van der Waals surface area contributed by atoms with Gasteiger partial charge >= 0.3 is 0 Å². The average molecular weight is 304 g/mol. The van der Waals surface area contributed by atoms with Gasteiger partial charge in [0.25, 0.3) is 0 Å². The van der Waals surface area contributed by atoms with Gasteiger partial charge in [-0.25, -0.2) is 4.39 Å². The Hall–Kier alpha value is -0.970. The van der Waals surface area contributed by atoms with Crippen molar-refractivity contribution in [3.63, 3.8) is 0 Å². The van der Waals surface area contributed by atoms with Gasteiger partial charge in [0, 0.05) is 16.7 Å². The summed E-state index contributed by atoms with van der Waals surface area (Å²) >= 11 is 13.1. The molecule has 6 heteroatoms. The van der Waals surface area contributed by atoms with E-state index in [4.69, 9.17) is 23.2 Å². The fourth-order valence-corrected chi connectivity index (χ4v) is 2.33. The Labute approximate surface area is 118 Å². The molecule has 1 aromatic carbocycles. The number of aromatic hydroxyl groups is 1. The fourth-order valence-electron chi connectivity index (χ4n) is 1.45. The van der Waals surface area contributed by atoms with Crippen LogP contribution in [0, 0.1) is 5.82 Å². The van der Waals surface area contributed by atoms with Gasteiger partial charge in [0.1, 0.15) is 11.6 Å². The first kappa shape index (κ1) is 13.5. The SMILES string of the molecule is CSc1cnc(-c2cc(O)c(Cl)cc2F)c(Cl)c1. The average Bonchev–Trinajstić information content (AvgIpc) is 2.34. The van der Waals surface area contributed by atoms with E-state index < -0.39 is 5.82 Å². The van der Waals surface area contributed by atoms with Gasteiger partial charge in [0.15, 0.2) is 0 Å². The van der Waals surface area contributed by atoms with Crippen molar-refractivity contribution in [3.05, 3.63) is 40.3 Å². The maximum atomic E-state index is 13.8. The van der Waals surface area contributed by atoms with Crippen molar-refractivity contribution in [2.24, 2.45) is 0 Å². The zero-order valence-corrected chi connectivity index (χ0v) is 11.6. The molecule has 0 unspecified atom stereocenters. The van der Waals surface area contributed by atoms with Gasteiger partial charge in [-0.3, -0.25) is 4.98 Å². The summed E-state index contributed by atoms with van der Waals surface area (Å²) in [6.45, 7) is 0. The van der Waals surface area contributed by atoms with Gasteiger partial charge < -0.3 is 5.11 Å². The van der Waals surface area contributed by atoms with Crippen LogP contribution in [-0.2, 0) is 0 Å². The number of pyridine rings is 1. The molecular weight excluding hydrogens is 296 g/mol. The molecule has 0 radical (unpaired) electrons. The van der Waals surface area contributed by atoms with Gasteiger partial charge in [-0.2, -0.15) is 0 Å². The topological polar surface area (TPSA) is 33.1 Å². The number of aromatic nitrogens is 1. The van der Waals surface area contributed by atoms with Gasteiger partial charge in [-0.15, -0.1) is 11.8 Å². The Balaban J connectivity index is 2.58. The van der Waals surface area contributed by atoms with Gasteiger partial charge in [0.2, 0.25) is 0 Å². The quantitative estimate of drug-likeness (QED) is 0.822. The molecule has 2 nitrogen and oxygen atoms in total. The highest BCUT2D eigenvalue weighted by atomic mass is 35.5. The van der Waals surface area contributed by atoms with Crippen LogP contribution in [0.2, 0.25) is 10.0 Å². The monoisotopic (exact) mass is 303 g/mol. The zero-order valence-electron chi connectivity index (χ0n) is 9.25. The zero-order chi connectivity index (χ0) is 13.3. The third kappa shape index (κ3) is 2.55. The molecule has 1 aromatic heterocycles. The molecule has 2 rings (SSSR count). The maximum Gasteiger partial charge on any atom is 0.135 e. The first-order chi connectivity index (χ1) is 8.52. The molecule has 94 valence electrons. The number of phenolic OH excluding ortho intramolecular Hbond substituents is 1. The van der Waals surface area contributed by atoms with Gasteiger partial charge in [0.05, 0.1) is 15.7 Å². The van der Waals surface area contributed by atoms with E-state index >= 15 is 0 Å². The molecule has 1 N–H and O–H groups in total. The smallest absolute Gasteiger partial charge is 0.135 e. The summed E-state index contributed by atoms with van der Waals surface area (Å²) in [5.74, 6) is -0.788. The molecule has 18 heavy (non-hydrogen) atoms. The molecule has 2 aromatic rings. The van der Waals surface area contributed by atoms with Crippen molar-refractivity contribution in [1.29, 1.82) is 0 Å². The third-order valence-electron chi connectivity index (χ3n) is 2.34. The molecule has 0 aliphatic rings. The van der Waals surface area contributed by atoms with E-state index in [1.54, 1.807) is 12.3 Å². The van der Waals surface area contributed by atoms with E-state index in [1.807, 2.05) is 6.26 Å². The Morgan fingerprint density at radius 2 is 1.94 bits per heavy atom. The summed E-state index contributed by atoms with van der Waals surface area (Å²) in [5, 5.41) is 9.78.